The Bertz CT molecular complexity index is 926. The zero-order chi connectivity index (χ0) is 21.1. The van der Waals surface area contributed by atoms with Crippen molar-refractivity contribution >= 4 is 34.2 Å². The molecule has 0 fully saturated rings. The first kappa shape index (κ1) is 21.1. The Labute approximate surface area is 173 Å². The smallest absolute Gasteiger partial charge is 0.374 e. The molecule has 1 atom stereocenters. The van der Waals surface area contributed by atoms with E-state index in [2.05, 4.69) is 12.2 Å². The second-order valence-electron chi connectivity index (χ2n) is 7.54. The van der Waals surface area contributed by atoms with E-state index in [0.717, 1.165) is 29.7 Å². The van der Waals surface area contributed by atoms with Gasteiger partial charge in [0, 0.05) is 4.88 Å². The van der Waals surface area contributed by atoms with Gasteiger partial charge in [-0.3, -0.25) is 4.79 Å². The summed E-state index contributed by atoms with van der Waals surface area (Å²) in [7, 11) is 0. The Hall–Kier alpha value is -2.61. The molecule has 2 aromatic rings. The molecule has 3 rings (SSSR count). The molecule has 1 aliphatic rings. The molecule has 0 saturated carbocycles. The number of carbonyl (C=O) groups is 3. The van der Waals surface area contributed by atoms with E-state index in [-0.39, 0.29) is 11.9 Å². The predicted octanol–water partition coefficient (Wildman–Crippen LogP) is 4.14. The molecule has 0 spiro atoms. The third-order valence-electron chi connectivity index (χ3n) is 4.59. The minimum absolute atomic E-state index is 0.0390. The van der Waals surface area contributed by atoms with Crippen molar-refractivity contribution in [2.45, 2.75) is 53.1 Å². The van der Waals surface area contributed by atoms with Gasteiger partial charge < -0.3 is 19.2 Å². The second-order valence-corrected chi connectivity index (χ2v) is 8.65. The fraction of sp³-hybridized carbons (Fsp3) is 0.476. The van der Waals surface area contributed by atoms with Gasteiger partial charge in [0.15, 0.2) is 6.61 Å². The summed E-state index contributed by atoms with van der Waals surface area (Å²) in [4.78, 5) is 38.1. The van der Waals surface area contributed by atoms with Gasteiger partial charge in [-0.1, -0.05) is 6.92 Å². The number of ether oxygens (including phenoxy) is 2. The normalized spacial score (nSPS) is 15.7. The Morgan fingerprint density at radius 3 is 2.69 bits per heavy atom. The molecule has 0 saturated heterocycles. The van der Waals surface area contributed by atoms with E-state index < -0.39 is 24.5 Å². The van der Waals surface area contributed by atoms with Crippen molar-refractivity contribution in [3.8, 4) is 0 Å². The molecule has 156 valence electrons. The quantitative estimate of drug-likeness (QED) is 0.707. The van der Waals surface area contributed by atoms with E-state index >= 15 is 0 Å². The van der Waals surface area contributed by atoms with Crippen LogP contribution in [0.2, 0.25) is 0 Å². The first-order valence-corrected chi connectivity index (χ1v) is 10.4. The monoisotopic (exact) mass is 419 g/mol. The van der Waals surface area contributed by atoms with Crippen molar-refractivity contribution in [1.29, 1.82) is 0 Å². The summed E-state index contributed by atoms with van der Waals surface area (Å²) in [6.07, 6.45) is 2.36. The lowest BCUT2D eigenvalue weighted by atomic mass is 9.88. The van der Waals surface area contributed by atoms with Crippen molar-refractivity contribution in [3.05, 3.63) is 39.7 Å². The number of hydrogen-bond acceptors (Lipinski definition) is 7. The fourth-order valence-electron chi connectivity index (χ4n) is 3.24. The number of aryl methyl sites for hydroxylation is 1. The number of rotatable bonds is 6. The van der Waals surface area contributed by atoms with Gasteiger partial charge >= 0.3 is 11.9 Å². The van der Waals surface area contributed by atoms with E-state index in [9.17, 15) is 14.4 Å². The van der Waals surface area contributed by atoms with Crippen molar-refractivity contribution in [3.63, 3.8) is 0 Å². The lowest BCUT2D eigenvalue weighted by Crippen LogP contribution is -2.22. The van der Waals surface area contributed by atoms with Crippen LogP contribution in [0.1, 0.15) is 64.3 Å². The highest BCUT2D eigenvalue weighted by Crippen LogP contribution is 2.40. The Kier molecular flexibility index (Phi) is 6.42. The van der Waals surface area contributed by atoms with Crippen LogP contribution in [0.3, 0.4) is 0 Å². The summed E-state index contributed by atoms with van der Waals surface area (Å²) in [5.74, 6) is -0.536. The van der Waals surface area contributed by atoms with E-state index in [1.165, 1.54) is 17.4 Å². The van der Waals surface area contributed by atoms with Crippen LogP contribution < -0.4 is 5.32 Å². The molecule has 0 bridgehead atoms. The zero-order valence-corrected chi connectivity index (χ0v) is 17.8. The molecule has 0 aliphatic heterocycles. The van der Waals surface area contributed by atoms with E-state index in [0.29, 0.717) is 22.2 Å². The number of nitrogens with one attached hydrogen (secondary N) is 1. The number of anilines is 1. The molecule has 1 unspecified atom stereocenters. The van der Waals surface area contributed by atoms with Gasteiger partial charge in [0.05, 0.1) is 11.7 Å². The molecule has 1 aliphatic carbocycles. The largest absolute Gasteiger partial charge is 0.459 e. The SMILES string of the molecule is Cc1ccc(C(=O)OCC(=O)Nc2sc3c(c2C(=O)OC(C)C)CCC(C)C3)o1. The third kappa shape index (κ3) is 5.06. The summed E-state index contributed by atoms with van der Waals surface area (Å²) in [6.45, 7) is 6.97. The van der Waals surface area contributed by atoms with E-state index in [4.69, 9.17) is 13.9 Å². The first-order chi connectivity index (χ1) is 13.7. The Morgan fingerprint density at radius 1 is 1.28 bits per heavy atom. The number of fused-ring (bicyclic) bond motifs is 1. The fourth-order valence-corrected chi connectivity index (χ4v) is 4.65. The topological polar surface area (TPSA) is 94.8 Å². The number of hydrogen-bond donors (Lipinski definition) is 1. The lowest BCUT2D eigenvalue weighted by molar-refractivity contribution is -0.119. The summed E-state index contributed by atoms with van der Waals surface area (Å²) in [5, 5.41) is 3.17. The zero-order valence-electron chi connectivity index (χ0n) is 17.0. The summed E-state index contributed by atoms with van der Waals surface area (Å²) < 4.78 is 15.6. The average molecular weight is 419 g/mol. The highest BCUT2D eigenvalue weighted by Gasteiger charge is 2.29. The number of thiophene rings is 1. The standard InChI is InChI=1S/C21H25NO6S/c1-11(2)27-21(25)18-14-7-5-12(3)9-16(14)29-19(18)22-17(23)10-26-20(24)15-8-6-13(4)28-15/h6,8,11-12H,5,7,9-10H2,1-4H3,(H,22,23). The van der Waals surface area contributed by atoms with Gasteiger partial charge in [-0.05, 0) is 63.6 Å². The molecule has 1 N–H and O–H groups in total. The Balaban J connectivity index is 1.72. The number of carbonyl (C=O) groups excluding carboxylic acids is 3. The molecule has 8 heteroatoms. The molecule has 2 aromatic heterocycles. The van der Waals surface area contributed by atoms with Gasteiger partial charge in [0.25, 0.3) is 5.91 Å². The van der Waals surface area contributed by atoms with Crippen molar-refractivity contribution in [2.75, 3.05) is 11.9 Å². The molecular weight excluding hydrogens is 394 g/mol. The summed E-state index contributed by atoms with van der Waals surface area (Å²) >= 11 is 1.39. The van der Waals surface area contributed by atoms with Crippen LogP contribution in [0.4, 0.5) is 5.00 Å². The molecule has 0 radical (unpaired) electrons. The number of amides is 1. The molecule has 1 amide bonds. The van der Waals surface area contributed by atoms with Crippen LogP contribution in [-0.4, -0.2) is 30.6 Å². The first-order valence-electron chi connectivity index (χ1n) is 9.63. The molecule has 0 aromatic carbocycles. The van der Waals surface area contributed by atoms with Gasteiger partial charge in [0.2, 0.25) is 5.76 Å². The minimum atomic E-state index is -0.716. The maximum absolute atomic E-state index is 12.7. The summed E-state index contributed by atoms with van der Waals surface area (Å²) in [5.41, 5.74) is 1.38. The third-order valence-corrected chi connectivity index (χ3v) is 5.76. The minimum Gasteiger partial charge on any atom is -0.459 e. The van der Waals surface area contributed by atoms with Gasteiger partial charge in [0.1, 0.15) is 10.8 Å². The van der Waals surface area contributed by atoms with Crippen LogP contribution in [0, 0.1) is 12.8 Å². The van der Waals surface area contributed by atoms with Crippen LogP contribution >= 0.6 is 11.3 Å². The lowest BCUT2D eigenvalue weighted by Gasteiger charge is -2.18. The van der Waals surface area contributed by atoms with Gasteiger partial charge in [-0.25, -0.2) is 9.59 Å². The van der Waals surface area contributed by atoms with Crippen molar-refractivity contribution in [1.82, 2.24) is 0 Å². The molecule has 29 heavy (non-hydrogen) atoms. The number of furan rings is 1. The number of esters is 2. The van der Waals surface area contributed by atoms with Gasteiger partial charge in [-0.15, -0.1) is 11.3 Å². The van der Waals surface area contributed by atoms with Crippen LogP contribution in [0.25, 0.3) is 0 Å². The van der Waals surface area contributed by atoms with E-state index in [1.807, 2.05) is 0 Å². The highest BCUT2D eigenvalue weighted by molar-refractivity contribution is 7.17. The predicted molar refractivity (Wildman–Crippen MR) is 108 cm³/mol. The van der Waals surface area contributed by atoms with Crippen LogP contribution in [0.15, 0.2) is 16.5 Å². The highest BCUT2D eigenvalue weighted by atomic mass is 32.1. The molecular formula is C21H25NO6S. The van der Waals surface area contributed by atoms with Crippen molar-refractivity contribution < 1.29 is 28.3 Å². The molecule has 7 nitrogen and oxygen atoms in total. The van der Waals surface area contributed by atoms with Crippen LogP contribution in [-0.2, 0) is 27.1 Å². The average Bonchev–Trinajstić information content (AvgIpc) is 3.21. The van der Waals surface area contributed by atoms with Crippen molar-refractivity contribution in [2.24, 2.45) is 5.92 Å². The van der Waals surface area contributed by atoms with Gasteiger partial charge in [-0.2, -0.15) is 0 Å². The van der Waals surface area contributed by atoms with E-state index in [1.54, 1.807) is 26.8 Å². The second kappa shape index (κ2) is 8.82. The van der Waals surface area contributed by atoms with Crippen LogP contribution in [0.5, 0.6) is 0 Å². The Morgan fingerprint density at radius 2 is 2.03 bits per heavy atom. The maximum atomic E-state index is 12.7. The summed E-state index contributed by atoms with van der Waals surface area (Å²) in [6, 6.07) is 3.13. The maximum Gasteiger partial charge on any atom is 0.374 e. The molecule has 2 heterocycles.